The van der Waals surface area contributed by atoms with Crippen molar-refractivity contribution in [1.29, 1.82) is 0 Å². The van der Waals surface area contributed by atoms with E-state index in [1.165, 1.54) is 17.0 Å². The van der Waals surface area contributed by atoms with Crippen LogP contribution in [-0.2, 0) is 36.7 Å². The number of carbonyl (C=O) groups excluding carboxylic acids is 1. The summed E-state index contributed by atoms with van der Waals surface area (Å²) in [5.74, 6) is 2.10. The van der Waals surface area contributed by atoms with Gasteiger partial charge in [-0.2, -0.15) is 0 Å². The third kappa shape index (κ3) is 9.95. The maximum Gasteiger partial charge on any atom is 0.162 e. The van der Waals surface area contributed by atoms with Gasteiger partial charge in [-0.15, -0.1) is 29.1 Å². The van der Waals surface area contributed by atoms with Crippen LogP contribution in [-0.4, -0.2) is 15.9 Å². The molecule has 5 aromatic rings. The number of fused-ring (bicyclic) bond motifs is 2. The molecule has 5 nitrogen and oxygen atoms in total. The molecule has 1 N–H and O–H groups in total. The molecule has 1 radical (unpaired) electrons. The predicted molar refractivity (Wildman–Crippen MR) is 203 cm³/mol. The Morgan fingerprint density at radius 1 is 0.980 bits per heavy atom. The fraction of sp³-hybridized carbons (Fsp3) is 0.409. The van der Waals surface area contributed by atoms with Crippen molar-refractivity contribution in [2.75, 3.05) is 0 Å². The molecule has 50 heavy (non-hydrogen) atoms. The number of hydrogen-bond donors (Lipinski definition) is 1. The number of nitrogens with zero attached hydrogens (tertiary/aromatic N) is 2. The van der Waals surface area contributed by atoms with Gasteiger partial charge in [0.1, 0.15) is 11.5 Å². The monoisotopic (exact) mass is 852 g/mol. The van der Waals surface area contributed by atoms with Gasteiger partial charge in [0.25, 0.3) is 0 Å². The number of allylic oxidation sites excluding steroid dienone is 2. The predicted octanol–water partition coefficient (Wildman–Crippen LogP) is 11.4. The summed E-state index contributed by atoms with van der Waals surface area (Å²) in [7, 11) is 4.25. The van der Waals surface area contributed by atoms with Gasteiger partial charge in [0, 0.05) is 56.9 Å². The van der Waals surface area contributed by atoms with E-state index in [-0.39, 0.29) is 48.9 Å². The van der Waals surface area contributed by atoms with E-state index in [2.05, 4.69) is 102 Å². The Morgan fingerprint density at radius 3 is 2.26 bits per heavy atom. The number of aromatic nitrogens is 2. The molecule has 0 saturated heterocycles. The van der Waals surface area contributed by atoms with Crippen LogP contribution >= 0.6 is 0 Å². The summed E-state index contributed by atoms with van der Waals surface area (Å²) in [6, 6.07) is 22.8. The van der Waals surface area contributed by atoms with Gasteiger partial charge in [-0.3, -0.25) is 9.78 Å². The number of pyridine rings is 2. The molecule has 0 saturated carbocycles. The maximum absolute atomic E-state index is 11.7. The summed E-state index contributed by atoms with van der Waals surface area (Å²) in [5, 5.41) is 13.2. The number of rotatable bonds is 11. The van der Waals surface area contributed by atoms with Crippen LogP contribution < -0.4 is 4.57 Å². The van der Waals surface area contributed by atoms with Crippen molar-refractivity contribution in [3.63, 3.8) is 0 Å². The van der Waals surface area contributed by atoms with Crippen LogP contribution in [0.4, 0.5) is 0 Å². The molecule has 3 aromatic heterocycles. The zero-order valence-electron chi connectivity index (χ0n) is 31.4. The number of carbonyl (C=O) groups is 1. The van der Waals surface area contributed by atoms with Gasteiger partial charge in [-0.25, -0.2) is 0 Å². The van der Waals surface area contributed by atoms with E-state index in [0.29, 0.717) is 5.92 Å². The number of benzene rings is 2. The first kappa shape index (κ1) is 40.7. The standard InChI is InChI=1S/C31H31N2O.C13H24O2.Ir/c1-20(2)13-25-15-24-17-28(32-19-30(24)34-25)22-11-12-33(6)29(18-22)23-14-21-9-7-8-10-26(21)27(16-23)31(3,4)5;1-5-10(6-2)12(14)9-13(15)11(7-3)8-4;/h7-12,15-20H,6,13H2,1-5H3;9-11,14H,5-8H2,1-4H3;/q-1;;/b;12-9-;. The number of furan rings is 1. The van der Waals surface area contributed by atoms with E-state index < -0.39 is 0 Å². The first-order valence-corrected chi connectivity index (χ1v) is 17.9. The second-order valence-corrected chi connectivity index (χ2v) is 14.6. The second kappa shape index (κ2) is 18.0. The Bertz CT molecular complexity index is 1910. The number of hydrogen-bond acceptors (Lipinski definition) is 4. The van der Waals surface area contributed by atoms with Crippen molar-refractivity contribution in [2.45, 2.75) is 99.8 Å². The Kier molecular flexibility index (Phi) is 14.6. The molecular formula is C44H55IrN2O3-. The Hall–Kier alpha value is -3.73. The summed E-state index contributed by atoms with van der Waals surface area (Å²) in [4.78, 5) is 16.4. The van der Waals surface area contributed by atoms with E-state index in [1.807, 2.05) is 44.7 Å². The van der Waals surface area contributed by atoms with E-state index in [0.717, 1.165) is 76.7 Å². The second-order valence-electron chi connectivity index (χ2n) is 14.6. The summed E-state index contributed by atoms with van der Waals surface area (Å²) in [6.07, 6.45) is 9.66. The Morgan fingerprint density at radius 2 is 1.64 bits per heavy atom. The Balaban J connectivity index is 0.000000361. The van der Waals surface area contributed by atoms with Gasteiger partial charge in [-0.1, -0.05) is 91.5 Å². The fourth-order valence-corrected chi connectivity index (χ4v) is 6.35. The number of aliphatic hydroxyl groups is 1. The minimum absolute atomic E-state index is 0. The molecular weight excluding hydrogens is 797 g/mol. The molecule has 0 aliphatic rings. The molecule has 0 bridgehead atoms. The fourth-order valence-electron chi connectivity index (χ4n) is 6.35. The minimum Gasteiger partial charge on any atom is -0.512 e. The summed E-state index contributed by atoms with van der Waals surface area (Å²) in [5.41, 5.74) is 6.14. The van der Waals surface area contributed by atoms with Crippen LogP contribution in [0.5, 0.6) is 0 Å². The third-order valence-electron chi connectivity index (χ3n) is 9.34. The first-order chi connectivity index (χ1) is 23.3. The molecule has 0 atom stereocenters. The molecule has 0 amide bonds. The molecule has 6 heteroatoms. The van der Waals surface area contributed by atoms with Gasteiger partial charge < -0.3 is 14.1 Å². The zero-order valence-corrected chi connectivity index (χ0v) is 33.8. The van der Waals surface area contributed by atoms with Crippen molar-refractivity contribution in [3.05, 3.63) is 103 Å². The van der Waals surface area contributed by atoms with Gasteiger partial charge >= 0.3 is 0 Å². The molecule has 0 fully saturated rings. The maximum atomic E-state index is 11.7. The molecule has 3 heterocycles. The number of aliphatic hydroxyl groups excluding tert-OH is 1. The largest absolute Gasteiger partial charge is 0.512 e. The summed E-state index contributed by atoms with van der Waals surface area (Å²) >= 11 is 0. The molecule has 0 aliphatic carbocycles. The van der Waals surface area contributed by atoms with Crippen LogP contribution in [0.1, 0.15) is 99.3 Å². The molecule has 269 valence electrons. The van der Waals surface area contributed by atoms with Crippen molar-refractivity contribution in [1.82, 2.24) is 4.98 Å². The molecule has 0 unspecified atom stereocenters. The van der Waals surface area contributed by atoms with E-state index >= 15 is 0 Å². The molecule has 2 aromatic carbocycles. The summed E-state index contributed by atoms with van der Waals surface area (Å²) in [6.45, 7) is 19.2. The SMILES string of the molecule is CCC(CC)C(=O)/C=C(\O)C(CC)CC.[CH2-][n+]1ccc(-c2cc3cc(CC(C)C)oc3cn2)cc1-c1[c-]c2ccccc2c(C(C)(C)C)c1.[Ir]. The van der Waals surface area contributed by atoms with Crippen LogP contribution in [0, 0.1) is 30.9 Å². The normalized spacial score (nSPS) is 12.0. The number of ketones is 1. The average Bonchev–Trinajstić information content (AvgIpc) is 3.46. The van der Waals surface area contributed by atoms with Crippen LogP contribution in [0.25, 0.3) is 44.3 Å². The van der Waals surface area contributed by atoms with E-state index in [4.69, 9.17) is 9.40 Å². The van der Waals surface area contributed by atoms with Gasteiger partial charge in [-0.05, 0) is 66.8 Å². The van der Waals surface area contributed by atoms with Crippen LogP contribution in [0.15, 0.2) is 83.2 Å². The van der Waals surface area contributed by atoms with Crippen LogP contribution in [0.2, 0.25) is 0 Å². The molecule has 5 rings (SSSR count). The molecule has 0 aliphatic heterocycles. The quantitative estimate of drug-likeness (QED) is 0.0622. The van der Waals surface area contributed by atoms with Gasteiger partial charge in [0.15, 0.2) is 11.4 Å². The smallest absolute Gasteiger partial charge is 0.162 e. The van der Waals surface area contributed by atoms with Gasteiger partial charge in [0.2, 0.25) is 0 Å². The topological polar surface area (TPSA) is 67.2 Å². The van der Waals surface area contributed by atoms with E-state index in [9.17, 15) is 9.90 Å². The average molecular weight is 852 g/mol. The van der Waals surface area contributed by atoms with Crippen molar-refractivity contribution in [3.8, 4) is 22.5 Å². The minimum atomic E-state index is 0. The zero-order chi connectivity index (χ0) is 35.9. The summed E-state index contributed by atoms with van der Waals surface area (Å²) < 4.78 is 7.90. The first-order valence-electron chi connectivity index (χ1n) is 17.9. The van der Waals surface area contributed by atoms with Gasteiger partial charge in [0.05, 0.1) is 23.8 Å². The van der Waals surface area contributed by atoms with E-state index in [1.54, 1.807) is 0 Å². The van der Waals surface area contributed by atoms with Crippen LogP contribution in [0.3, 0.4) is 0 Å². The molecule has 0 spiro atoms. The van der Waals surface area contributed by atoms with Crippen molar-refractivity contribution >= 4 is 27.5 Å². The third-order valence-corrected chi connectivity index (χ3v) is 9.34. The van der Waals surface area contributed by atoms with Crippen molar-refractivity contribution in [2.24, 2.45) is 17.8 Å². The van der Waals surface area contributed by atoms with Crippen molar-refractivity contribution < 1.29 is 39.0 Å². The Labute approximate surface area is 313 Å².